The first-order valence-corrected chi connectivity index (χ1v) is 7.14. The van der Waals surface area contributed by atoms with Gasteiger partial charge >= 0.3 is 5.69 Å². The van der Waals surface area contributed by atoms with Gasteiger partial charge in [0.1, 0.15) is 0 Å². The van der Waals surface area contributed by atoms with Crippen LogP contribution in [0.4, 0.5) is 10.1 Å². The molecule has 1 rings (SSSR count). The van der Waals surface area contributed by atoms with E-state index in [9.17, 15) is 22.9 Å². The van der Waals surface area contributed by atoms with Crippen LogP contribution in [0, 0.1) is 22.9 Å². The SMILES string of the molecule is CCN(CC)S(=O)(=O)c1cc([N+](=O)[O-])c(F)cc1C. The van der Waals surface area contributed by atoms with Crippen molar-refractivity contribution >= 4 is 15.7 Å². The molecule has 19 heavy (non-hydrogen) atoms. The lowest BCUT2D eigenvalue weighted by molar-refractivity contribution is -0.387. The van der Waals surface area contributed by atoms with Crippen molar-refractivity contribution in [3.63, 3.8) is 0 Å². The van der Waals surface area contributed by atoms with Crippen LogP contribution in [0.5, 0.6) is 0 Å². The summed E-state index contributed by atoms with van der Waals surface area (Å²) in [5, 5.41) is 10.7. The predicted octanol–water partition coefficient (Wildman–Crippen LogP) is 2.07. The third-order valence-corrected chi connectivity index (χ3v) is 4.96. The van der Waals surface area contributed by atoms with Crippen molar-refractivity contribution in [3.05, 3.63) is 33.6 Å². The number of hydrogen-bond acceptors (Lipinski definition) is 4. The van der Waals surface area contributed by atoms with E-state index in [4.69, 9.17) is 0 Å². The average molecular weight is 290 g/mol. The monoisotopic (exact) mass is 290 g/mol. The predicted molar refractivity (Wildman–Crippen MR) is 67.9 cm³/mol. The number of nitrogens with zero attached hydrogens (tertiary/aromatic N) is 2. The molecule has 0 bridgehead atoms. The van der Waals surface area contributed by atoms with Crippen LogP contribution < -0.4 is 0 Å². The summed E-state index contributed by atoms with van der Waals surface area (Å²) in [5.41, 5.74) is -0.689. The molecule has 0 aromatic heterocycles. The number of halogens is 1. The van der Waals surface area contributed by atoms with Crippen molar-refractivity contribution in [1.82, 2.24) is 4.31 Å². The van der Waals surface area contributed by atoms with Crippen LogP contribution in [0.15, 0.2) is 17.0 Å². The molecule has 0 amide bonds. The molecule has 0 saturated carbocycles. The number of nitro benzene ring substituents is 1. The molecule has 0 unspecified atom stereocenters. The van der Waals surface area contributed by atoms with Gasteiger partial charge < -0.3 is 0 Å². The molecule has 0 heterocycles. The number of hydrogen-bond donors (Lipinski definition) is 0. The van der Waals surface area contributed by atoms with Crippen LogP contribution in [0.1, 0.15) is 19.4 Å². The summed E-state index contributed by atoms with van der Waals surface area (Å²) >= 11 is 0. The van der Waals surface area contributed by atoms with Crippen molar-refractivity contribution in [3.8, 4) is 0 Å². The normalized spacial score (nSPS) is 11.8. The molecule has 106 valence electrons. The van der Waals surface area contributed by atoms with Gasteiger partial charge in [0.2, 0.25) is 15.8 Å². The van der Waals surface area contributed by atoms with Gasteiger partial charge in [0.25, 0.3) is 0 Å². The van der Waals surface area contributed by atoms with Crippen molar-refractivity contribution < 1.29 is 17.7 Å². The second kappa shape index (κ2) is 5.62. The molecule has 0 aliphatic heterocycles. The lowest BCUT2D eigenvalue weighted by Crippen LogP contribution is -2.31. The average Bonchev–Trinajstić information content (AvgIpc) is 2.29. The maximum absolute atomic E-state index is 13.4. The highest BCUT2D eigenvalue weighted by molar-refractivity contribution is 7.89. The lowest BCUT2D eigenvalue weighted by atomic mass is 10.2. The number of rotatable bonds is 5. The molecule has 0 radical (unpaired) electrons. The summed E-state index contributed by atoms with van der Waals surface area (Å²) in [6.45, 7) is 5.21. The van der Waals surface area contributed by atoms with Gasteiger partial charge in [0.05, 0.1) is 9.82 Å². The molecule has 1 aromatic carbocycles. The van der Waals surface area contributed by atoms with Crippen LogP contribution in [0.3, 0.4) is 0 Å². The Hall–Kier alpha value is -1.54. The van der Waals surface area contributed by atoms with Gasteiger partial charge in [-0.05, 0) is 18.6 Å². The fourth-order valence-corrected chi connectivity index (χ4v) is 3.45. The van der Waals surface area contributed by atoms with Crippen LogP contribution in [0.25, 0.3) is 0 Å². The van der Waals surface area contributed by atoms with Crippen molar-refractivity contribution in [2.75, 3.05) is 13.1 Å². The third kappa shape index (κ3) is 2.90. The van der Waals surface area contributed by atoms with E-state index in [1.807, 2.05) is 0 Å². The van der Waals surface area contributed by atoms with E-state index in [2.05, 4.69) is 0 Å². The Morgan fingerprint density at radius 1 is 1.32 bits per heavy atom. The van der Waals surface area contributed by atoms with E-state index in [1.54, 1.807) is 13.8 Å². The molecule has 0 spiro atoms. The van der Waals surface area contributed by atoms with Crippen LogP contribution in [-0.4, -0.2) is 30.7 Å². The smallest absolute Gasteiger partial charge is 0.258 e. The van der Waals surface area contributed by atoms with Crippen molar-refractivity contribution in [2.45, 2.75) is 25.7 Å². The molecule has 0 N–H and O–H groups in total. The second-order valence-corrected chi connectivity index (χ2v) is 5.82. The zero-order chi connectivity index (χ0) is 14.8. The zero-order valence-corrected chi connectivity index (χ0v) is 11.7. The topological polar surface area (TPSA) is 80.5 Å². The van der Waals surface area contributed by atoms with Gasteiger partial charge in [-0.3, -0.25) is 10.1 Å². The molecule has 0 fully saturated rings. The quantitative estimate of drug-likeness (QED) is 0.614. The van der Waals surface area contributed by atoms with Gasteiger partial charge in [-0.25, -0.2) is 8.42 Å². The fraction of sp³-hybridized carbons (Fsp3) is 0.455. The van der Waals surface area contributed by atoms with Crippen molar-refractivity contribution in [2.24, 2.45) is 0 Å². The third-order valence-electron chi connectivity index (χ3n) is 2.76. The summed E-state index contributed by atoms with van der Waals surface area (Å²) in [4.78, 5) is 9.51. The zero-order valence-electron chi connectivity index (χ0n) is 10.9. The first-order chi connectivity index (χ1) is 8.75. The molecule has 0 aliphatic carbocycles. The molecule has 8 heteroatoms. The Morgan fingerprint density at radius 3 is 2.26 bits per heavy atom. The molecule has 0 aliphatic rings. The van der Waals surface area contributed by atoms with E-state index in [-0.39, 0.29) is 23.5 Å². The summed E-state index contributed by atoms with van der Waals surface area (Å²) in [6, 6.07) is 1.65. The largest absolute Gasteiger partial charge is 0.306 e. The summed E-state index contributed by atoms with van der Waals surface area (Å²) < 4.78 is 39.1. The van der Waals surface area contributed by atoms with Gasteiger partial charge in [-0.15, -0.1) is 0 Å². The summed E-state index contributed by atoms with van der Waals surface area (Å²) in [6.07, 6.45) is 0. The van der Waals surface area contributed by atoms with Gasteiger partial charge in [0.15, 0.2) is 0 Å². The van der Waals surface area contributed by atoms with E-state index in [0.717, 1.165) is 16.4 Å². The van der Waals surface area contributed by atoms with E-state index < -0.39 is 26.5 Å². The van der Waals surface area contributed by atoms with Crippen LogP contribution in [-0.2, 0) is 10.0 Å². The first-order valence-electron chi connectivity index (χ1n) is 5.70. The van der Waals surface area contributed by atoms with E-state index in [1.165, 1.54) is 6.92 Å². The Bertz CT molecular complexity index is 597. The standard InChI is InChI=1S/C11H15FN2O4S/c1-4-13(5-2)19(17,18)11-7-10(14(15)16)9(12)6-8(11)3/h6-7H,4-5H2,1-3H3. The minimum Gasteiger partial charge on any atom is -0.258 e. The van der Waals surface area contributed by atoms with Gasteiger partial charge in [-0.2, -0.15) is 8.70 Å². The summed E-state index contributed by atoms with van der Waals surface area (Å²) in [5.74, 6) is -1.04. The molecule has 6 nitrogen and oxygen atoms in total. The molecular weight excluding hydrogens is 275 g/mol. The molecule has 0 saturated heterocycles. The molecule has 0 atom stereocenters. The van der Waals surface area contributed by atoms with Gasteiger partial charge in [-0.1, -0.05) is 13.8 Å². The van der Waals surface area contributed by atoms with Crippen LogP contribution in [0.2, 0.25) is 0 Å². The second-order valence-electron chi connectivity index (χ2n) is 3.92. The van der Waals surface area contributed by atoms with Gasteiger partial charge in [0, 0.05) is 19.2 Å². The van der Waals surface area contributed by atoms with Crippen molar-refractivity contribution in [1.29, 1.82) is 0 Å². The highest BCUT2D eigenvalue weighted by Gasteiger charge is 2.27. The maximum Gasteiger partial charge on any atom is 0.306 e. The Morgan fingerprint density at radius 2 is 1.84 bits per heavy atom. The minimum atomic E-state index is -3.84. The van der Waals surface area contributed by atoms with Crippen LogP contribution >= 0.6 is 0 Å². The highest BCUT2D eigenvalue weighted by Crippen LogP contribution is 2.27. The maximum atomic E-state index is 13.4. The molecular formula is C11H15FN2O4S. The van der Waals surface area contributed by atoms with E-state index in [0.29, 0.717) is 0 Å². The Balaban J connectivity index is 3.51. The number of benzene rings is 1. The van der Waals surface area contributed by atoms with E-state index >= 15 is 0 Å². The summed E-state index contributed by atoms with van der Waals surface area (Å²) in [7, 11) is -3.84. The minimum absolute atomic E-state index is 0.148. The Labute approximate surface area is 111 Å². The number of aryl methyl sites for hydroxylation is 1. The lowest BCUT2D eigenvalue weighted by Gasteiger charge is -2.19. The highest BCUT2D eigenvalue weighted by atomic mass is 32.2. The number of sulfonamides is 1. The number of nitro groups is 1. The fourth-order valence-electron chi connectivity index (χ4n) is 1.76. The first kappa shape index (κ1) is 15.5. The molecule has 1 aromatic rings. The Kier molecular flexibility index (Phi) is 4.59.